The molecule has 0 amide bonds. The summed E-state index contributed by atoms with van der Waals surface area (Å²) in [5, 5.41) is 8.63. The standard InChI is InChI=1S/C9H21P.CHNS/c1-3-5-6-8-9(10)7-4-2;2-1-3/h9H,3-8,10H2,1-2H3;3H. The molecule has 1 nitrogen and oxygen atoms in total. The van der Waals surface area contributed by atoms with Gasteiger partial charge >= 0.3 is 0 Å². The smallest absolute Gasteiger partial charge is 0.130 e. The summed E-state index contributed by atoms with van der Waals surface area (Å²) < 4.78 is 0. The highest BCUT2D eigenvalue weighted by molar-refractivity contribution is 7.85. The Bertz CT molecular complexity index is 123. The zero-order chi connectivity index (χ0) is 10.5. The van der Waals surface area contributed by atoms with Crippen molar-refractivity contribution in [2.75, 3.05) is 0 Å². The number of hydrogen-bond acceptors (Lipinski definition) is 2. The topological polar surface area (TPSA) is 23.8 Å². The fourth-order valence-corrected chi connectivity index (χ4v) is 1.74. The Hall–Kier alpha value is 0.270. The Kier molecular flexibility index (Phi) is 17.9. The van der Waals surface area contributed by atoms with Crippen LogP contribution in [0, 0.1) is 10.7 Å². The van der Waals surface area contributed by atoms with Gasteiger partial charge in [0.2, 0.25) is 0 Å². The van der Waals surface area contributed by atoms with E-state index >= 15 is 0 Å². The zero-order valence-electron chi connectivity index (χ0n) is 8.79. The summed E-state index contributed by atoms with van der Waals surface area (Å²) in [5.74, 6) is 0. The van der Waals surface area contributed by atoms with Crippen LogP contribution in [-0.4, -0.2) is 5.66 Å². The maximum atomic E-state index is 7.18. The van der Waals surface area contributed by atoms with Crippen LogP contribution in [0.2, 0.25) is 0 Å². The molecule has 0 saturated carbocycles. The van der Waals surface area contributed by atoms with Crippen molar-refractivity contribution >= 4 is 21.9 Å². The first kappa shape index (κ1) is 15.7. The molecule has 0 bridgehead atoms. The summed E-state index contributed by atoms with van der Waals surface area (Å²) in [6, 6.07) is 0. The molecular formula is C10H22NPS. The predicted molar refractivity (Wildman–Crippen MR) is 67.1 cm³/mol. The Morgan fingerprint density at radius 1 is 1.23 bits per heavy atom. The van der Waals surface area contributed by atoms with E-state index in [1.165, 1.54) is 43.9 Å². The predicted octanol–water partition coefficient (Wildman–Crippen LogP) is 4.01. The third-order valence-corrected chi connectivity index (χ3v) is 2.50. The van der Waals surface area contributed by atoms with E-state index in [0.717, 1.165) is 5.66 Å². The Morgan fingerprint density at radius 2 is 1.77 bits per heavy atom. The van der Waals surface area contributed by atoms with Gasteiger partial charge in [0.25, 0.3) is 0 Å². The van der Waals surface area contributed by atoms with E-state index in [0.29, 0.717) is 0 Å². The van der Waals surface area contributed by atoms with Crippen molar-refractivity contribution in [1.82, 2.24) is 0 Å². The summed E-state index contributed by atoms with van der Waals surface area (Å²) in [4.78, 5) is 0. The fourth-order valence-electron chi connectivity index (χ4n) is 1.17. The average Bonchev–Trinajstić information content (AvgIpc) is 2.07. The van der Waals surface area contributed by atoms with E-state index < -0.39 is 0 Å². The average molecular weight is 219 g/mol. The van der Waals surface area contributed by atoms with Gasteiger partial charge in [-0.15, -0.1) is 9.24 Å². The highest BCUT2D eigenvalue weighted by Crippen LogP contribution is 2.15. The number of unbranched alkanes of at least 4 members (excludes halogenated alkanes) is 2. The van der Waals surface area contributed by atoms with Gasteiger partial charge in [0.05, 0.1) is 0 Å². The zero-order valence-corrected chi connectivity index (χ0v) is 10.8. The van der Waals surface area contributed by atoms with Crippen molar-refractivity contribution in [3.8, 4) is 5.40 Å². The van der Waals surface area contributed by atoms with Crippen LogP contribution in [0.25, 0.3) is 0 Å². The summed E-state index contributed by atoms with van der Waals surface area (Å²) in [5.41, 5.74) is 0.886. The lowest BCUT2D eigenvalue weighted by atomic mass is 10.1. The van der Waals surface area contributed by atoms with Crippen molar-refractivity contribution < 1.29 is 0 Å². The first-order valence-electron chi connectivity index (χ1n) is 5.01. The van der Waals surface area contributed by atoms with Gasteiger partial charge in [-0.25, -0.2) is 0 Å². The van der Waals surface area contributed by atoms with Crippen LogP contribution in [0.1, 0.15) is 52.4 Å². The quantitative estimate of drug-likeness (QED) is 0.310. The number of thiocyanates is 1. The number of nitriles is 1. The monoisotopic (exact) mass is 219 g/mol. The molecule has 0 aliphatic carbocycles. The van der Waals surface area contributed by atoms with Crippen LogP contribution < -0.4 is 0 Å². The molecule has 0 saturated heterocycles. The molecule has 0 spiro atoms. The van der Waals surface area contributed by atoms with Gasteiger partial charge in [-0.05, 0) is 18.5 Å². The maximum absolute atomic E-state index is 7.18. The molecule has 0 aromatic carbocycles. The van der Waals surface area contributed by atoms with Gasteiger partial charge < -0.3 is 0 Å². The lowest BCUT2D eigenvalue weighted by molar-refractivity contribution is 0.614. The van der Waals surface area contributed by atoms with Crippen LogP contribution in [0.4, 0.5) is 0 Å². The molecular weight excluding hydrogens is 197 g/mol. The van der Waals surface area contributed by atoms with E-state index in [-0.39, 0.29) is 0 Å². The largest absolute Gasteiger partial charge is 0.185 e. The van der Waals surface area contributed by atoms with E-state index in [9.17, 15) is 0 Å². The molecule has 2 unspecified atom stereocenters. The van der Waals surface area contributed by atoms with E-state index in [1.807, 2.05) is 0 Å². The van der Waals surface area contributed by atoms with Gasteiger partial charge in [-0.2, -0.15) is 5.26 Å². The van der Waals surface area contributed by atoms with Crippen LogP contribution in [0.15, 0.2) is 0 Å². The van der Waals surface area contributed by atoms with Gasteiger partial charge in [-0.3, -0.25) is 0 Å². The molecule has 0 radical (unpaired) electrons. The lowest BCUT2D eigenvalue weighted by Crippen LogP contribution is -1.95. The van der Waals surface area contributed by atoms with Gasteiger partial charge in [-0.1, -0.05) is 52.2 Å². The van der Waals surface area contributed by atoms with E-state index in [1.54, 1.807) is 0 Å². The third kappa shape index (κ3) is 18.9. The molecule has 0 N–H and O–H groups in total. The first-order valence-corrected chi connectivity index (χ1v) is 6.13. The number of hydrogen-bond donors (Lipinski definition) is 1. The highest BCUT2D eigenvalue weighted by atomic mass is 32.1. The highest BCUT2D eigenvalue weighted by Gasteiger charge is 1.98. The Morgan fingerprint density at radius 3 is 2.15 bits per heavy atom. The second-order valence-corrected chi connectivity index (χ2v) is 4.29. The van der Waals surface area contributed by atoms with Crippen LogP contribution in [0.3, 0.4) is 0 Å². The van der Waals surface area contributed by atoms with Crippen molar-refractivity contribution in [3.63, 3.8) is 0 Å². The van der Waals surface area contributed by atoms with Crippen molar-refractivity contribution in [2.45, 2.75) is 58.0 Å². The molecule has 0 fully saturated rings. The minimum atomic E-state index is 0.886. The Balaban J connectivity index is 0. The molecule has 13 heavy (non-hydrogen) atoms. The normalized spacial score (nSPS) is 11.0. The molecule has 0 aromatic rings. The van der Waals surface area contributed by atoms with Crippen molar-refractivity contribution in [2.24, 2.45) is 0 Å². The van der Waals surface area contributed by atoms with E-state index in [4.69, 9.17) is 5.26 Å². The van der Waals surface area contributed by atoms with E-state index in [2.05, 4.69) is 35.7 Å². The molecule has 0 aromatic heterocycles. The molecule has 2 atom stereocenters. The second kappa shape index (κ2) is 14.8. The van der Waals surface area contributed by atoms with Gasteiger partial charge in [0.1, 0.15) is 5.40 Å². The Labute approximate surface area is 90.9 Å². The molecule has 0 aliphatic heterocycles. The minimum absolute atomic E-state index is 0.886. The van der Waals surface area contributed by atoms with Crippen LogP contribution in [-0.2, 0) is 0 Å². The lowest BCUT2D eigenvalue weighted by Gasteiger charge is -2.07. The van der Waals surface area contributed by atoms with Crippen molar-refractivity contribution in [3.05, 3.63) is 0 Å². The van der Waals surface area contributed by atoms with Crippen LogP contribution >= 0.6 is 21.9 Å². The second-order valence-electron chi connectivity index (χ2n) is 3.14. The molecule has 3 heteroatoms. The molecule has 0 aliphatic rings. The third-order valence-electron chi connectivity index (χ3n) is 1.84. The molecule has 0 rings (SSSR count). The maximum Gasteiger partial charge on any atom is 0.130 e. The fraction of sp³-hybridized carbons (Fsp3) is 0.900. The number of thiol groups is 1. The summed E-state index contributed by atoms with van der Waals surface area (Å²) >= 11 is 3.09. The minimum Gasteiger partial charge on any atom is -0.185 e. The van der Waals surface area contributed by atoms with Gasteiger partial charge in [0.15, 0.2) is 0 Å². The van der Waals surface area contributed by atoms with Crippen molar-refractivity contribution in [1.29, 1.82) is 5.26 Å². The first-order chi connectivity index (χ1) is 6.22. The molecule has 78 valence electrons. The summed E-state index contributed by atoms with van der Waals surface area (Å²) in [6.45, 7) is 4.52. The van der Waals surface area contributed by atoms with Crippen LogP contribution in [0.5, 0.6) is 0 Å². The number of nitrogens with zero attached hydrogens (tertiary/aromatic N) is 1. The number of rotatable bonds is 6. The molecule has 0 heterocycles. The summed E-state index contributed by atoms with van der Waals surface area (Å²) in [7, 11) is 2.95. The SMILES string of the molecule is CCCCCC(P)CCC.N#CS. The summed E-state index contributed by atoms with van der Waals surface area (Å²) in [6.07, 6.45) is 8.31. The van der Waals surface area contributed by atoms with Gasteiger partial charge in [0, 0.05) is 0 Å².